The Morgan fingerprint density at radius 1 is 1.00 bits per heavy atom. The lowest BCUT2D eigenvalue weighted by molar-refractivity contribution is -0.136. The van der Waals surface area contributed by atoms with Gasteiger partial charge in [-0.05, 0) is 42.5 Å². The predicted octanol–water partition coefficient (Wildman–Crippen LogP) is 5.48. The number of hydrogen-bond donors (Lipinski definition) is 1. The third-order valence-electron chi connectivity index (χ3n) is 4.59. The summed E-state index contributed by atoms with van der Waals surface area (Å²) in [5, 5.41) is 2.02. The quantitative estimate of drug-likeness (QED) is 0.361. The van der Waals surface area contributed by atoms with Gasteiger partial charge in [0.2, 0.25) is 0 Å². The zero-order valence-corrected chi connectivity index (χ0v) is 17.8. The summed E-state index contributed by atoms with van der Waals surface area (Å²) in [7, 11) is -4.26. The van der Waals surface area contributed by atoms with Crippen LogP contribution >= 0.6 is 0 Å². The first-order valence-electron chi connectivity index (χ1n) is 9.51. The normalized spacial score (nSPS) is 11.6. The summed E-state index contributed by atoms with van der Waals surface area (Å²) < 4.78 is 81.5. The lowest BCUT2D eigenvalue weighted by Gasteiger charge is -2.23. The average Bonchev–Trinajstić information content (AvgIpc) is 2.77. The monoisotopic (exact) mass is 478 g/mol. The molecule has 0 saturated heterocycles. The Bertz CT molecular complexity index is 1280. The molecule has 5 nitrogen and oxygen atoms in total. The number of benzene rings is 3. The first-order chi connectivity index (χ1) is 15.6. The molecule has 0 fully saturated rings. The molecule has 0 saturated carbocycles. The zero-order valence-electron chi connectivity index (χ0n) is 17.0. The van der Waals surface area contributed by atoms with Gasteiger partial charge in [0.1, 0.15) is 5.82 Å². The van der Waals surface area contributed by atoms with Crippen LogP contribution in [-0.2, 0) is 16.2 Å². The Labute approximate surface area is 188 Å². The maximum atomic E-state index is 14.4. The van der Waals surface area contributed by atoms with Gasteiger partial charge in [-0.25, -0.2) is 12.8 Å². The van der Waals surface area contributed by atoms with E-state index in [1.807, 2.05) is 5.32 Å². The Balaban J connectivity index is 2.00. The Kier molecular flexibility index (Phi) is 6.87. The van der Waals surface area contributed by atoms with Crippen LogP contribution in [0.4, 0.5) is 28.9 Å². The van der Waals surface area contributed by atoms with Crippen LogP contribution in [0.15, 0.2) is 90.3 Å². The van der Waals surface area contributed by atoms with Crippen molar-refractivity contribution in [2.75, 3.05) is 16.2 Å². The number of nitrogens with zero attached hydrogens (tertiary/aromatic N) is 1. The maximum absolute atomic E-state index is 14.4. The number of para-hydroxylation sites is 2. The third-order valence-corrected chi connectivity index (χ3v) is 6.38. The number of nitrogens with one attached hydrogen (secondary N) is 1. The Hall–Kier alpha value is -3.66. The summed E-state index contributed by atoms with van der Waals surface area (Å²) in [5.41, 5.74) is -2.12. The molecule has 172 valence electrons. The van der Waals surface area contributed by atoms with Gasteiger partial charge in [0.15, 0.2) is 0 Å². The maximum Gasteiger partial charge on any atom is 0.418 e. The van der Waals surface area contributed by atoms with E-state index in [0.717, 1.165) is 40.7 Å². The van der Waals surface area contributed by atoms with Crippen LogP contribution in [0.5, 0.6) is 0 Å². The molecule has 3 rings (SSSR count). The number of rotatable bonds is 7. The van der Waals surface area contributed by atoms with Gasteiger partial charge in [-0.1, -0.05) is 36.4 Å². The molecule has 0 unspecified atom stereocenters. The highest BCUT2D eigenvalue weighted by Gasteiger charge is 2.34. The Morgan fingerprint density at radius 3 is 2.27 bits per heavy atom. The number of amides is 1. The number of hydrogen-bond acceptors (Lipinski definition) is 3. The molecule has 33 heavy (non-hydrogen) atoms. The van der Waals surface area contributed by atoms with Gasteiger partial charge >= 0.3 is 6.18 Å². The first-order valence-corrected chi connectivity index (χ1v) is 11.0. The molecular formula is C23H18F4N2O3S. The number of carbonyl (C=O) groups excluding carboxylic acids is 1. The minimum Gasteiger partial charge on any atom is -0.321 e. The topological polar surface area (TPSA) is 66.5 Å². The third kappa shape index (κ3) is 5.23. The van der Waals surface area contributed by atoms with Crippen molar-refractivity contribution in [3.63, 3.8) is 0 Å². The van der Waals surface area contributed by atoms with E-state index in [9.17, 15) is 30.8 Å². The average molecular weight is 478 g/mol. The van der Waals surface area contributed by atoms with E-state index >= 15 is 0 Å². The summed E-state index contributed by atoms with van der Waals surface area (Å²) in [5.74, 6) is -2.32. The minimum atomic E-state index is -4.76. The zero-order chi connectivity index (χ0) is 24.2. The van der Waals surface area contributed by atoms with Crippen molar-refractivity contribution in [1.82, 2.24) is 0 Å². The number of alkyl halides is 3. The van der Waals surface area contributed by atoms with Crippen molar-refractivity contribution in [1.29, 1.82) is 0 Å². The number of sulfonamides is 1. The van der Waals surface area contributed by atoms with E-state index in [0.29, 0.717) is 5.69 Å². The van der Waals surface area contributed by atoms with E-state index < -0.39 is 49.6 Å². The Morgan fingerprint density at radius 2 is 1.64 bits per heavy atom. The van der Waals surface area contributed by atoms with Gasteiger partial charge in [-0.2, -0.15) is 13.2 Å². The fourth-order valence-corrected chi connectivity index (χ4v) is 4.51. The van der Waals surface area contributed by atoms with Crippen molar-refractivity contribution in [3.05, 3.63) is 102 Å². The fourth-order valence-electron chi connectivity index (χ4n) is 3.05. The van der Waals surface area contributed by atoms with Gasteiger partial charge in [0.25, 0.3) is 15.9 Å². The molecule has 0 radical (unpaired) electrons. The second kappa shape index (κ2) is 9.45. The number of halogens is 4. The highest BCUT2D eigenvalue weighted by molar-refractivity contribution is 7.92. The number of carbonyl (C=O) groups is 1. The second-order valence-corrected chi connectivity index (χ2v) is 8.66. The van der Waals surface area contributed by atoms with Crippen LogP contribution in [-0.4, -0.2) is 20.9 Å². The predicted molar refractivity (Wildman–Crippen MR) is 117 cm³/mol. The fraction of sp³-hybridized carbons (Fsp3) is 0.0870. The molecule has 0 aliphatic heterocycles. The van der Waals surface area contributed by atoms with Crippen molar-refractivity contribution in [2.45, 2.75) is 11.1 Å². The van der Waals surface area contributed by atoms with Gasteiger partial charge in [0.05, 0.1) is 33.9 Å². The summed E-state index contributed by atoms with van der Waals surface area (Å²) in [6.07, 6.45) is -3.40. The van der Waals surface area contributed by atoms with Gasteiger partial charge in [-0.3, -0.25) is 9.10 Å². The molecule has 3 aromatic rings. The molecular weight excluding hydrogens is 460 g/mol. The summed E-state index contributed by atoms with van der Waals surface area (Å²) in [6.45, 7) is 3.44. The van der Waals surface area contributed by atoms with E-state index in [1.165, 1.54) is 12.1 Å². The molecule has 0 aromatic heterocycles. The molecule has 0 aliphatic rings. The van der Waals surface area contributed by atoms with Crippen LogP contribution in [0.2, 0.25) is 0 Å². The molecule has 0 atom stereocenters. The van der Waals surface area contributed by atoms with Crippen molar-refractivity contribution in [2.24, 2.45) is 0 Å². The second-order valence-electron chi connectivity index (χ2n) is 6.80. The molecule has 3 aromatic carbocycles. The molecule has 0 heterocycles. The SMILES string of the molecule is C=CCN(c1ccccc1)S(=O)(=O)c1ccc(F)c(C(=O)Nc2ccccc2C(F)(F)F)c1. The van der Waals surface area contributed by atoms with Crippen molar-refractivity contribution < 1.29 is 30.8 Å². The van der Waals surface area contributed by atoms with Gasteiger partial charge in [0, 0.05) is 0 Å². The van der Waals surface area contributed by atoms with Gasteiger partial charge in [-0.15, -0.1) is 6.58 Å². The highest BCUT2D eigenvalue weighted by Crippen LogP contribution is 2.35. The lowest BCUT2D eigenvalue weighted by Crippen LogP contribution is -2.31. The van der Waals surface area contributed by atoms with Crippen LogP contribution in [0.1, 0.15) is 15.9 Å². The first kappa shape index (κ1) is 24.0. The summed E-state index contributed by atoms with van der Waals surface area (Å²) in [6, 6.07) is 14.8. The largest absolute Gasteiger partial charge is 0.418 e. The van der Waals surface area contributed by atoms with E-state index in [1.54, 1.807) is 30.3 Å². The van der Waals surface area contributed by atoms with Crippen LogP contribution < -0.4 is 9.62 Å². The minimum absolute atomic E-state index is 0.107. The smallest absolute Gasteiger partial charge is 0.321 e. The van der Waals surface area contributed by atoms with E-state index in [-0.39, 0.29) is 6.54 Å². The molecule has 1 N–H and O–H groups in total. The molecule has 1 amide bonds. The molecule has 0 bridgehead atoms. The number of anilines is 2. The standard InChI is InChI=1S/C23H18F4N2O3S/c1-2-14-29(16-8-4-3-5-9-16)33(31,32)17-12-13-20(24)18(15-17)22(30)28-21-11-7-6-10-19(21)23(25,26)27/h2-13,15H,1,14H2,(H,28,30). The van der Waals surface area contributed by atoms with Crippen LogP contribution in [0, 0.1) is 5.82 Å². The highest BCUT2D eigenvalue weighted by atomic mass is 32.2. The molecule has 10 heteroatoms. The van der Waals surface area contributed by atoms with Crippen LogP contribution in [0.25, 0.3) is 0 Å². The van der Waals surface area contributed by atoms with E-state index in [4.69, 9.17) is 0 Å². The molecule has 0 aliphatic carbocycles. The van der Waals surface area contributed by atoms with Crippen molar-refractivity contribution >= 4 is 27.3 Å². The summed E-state index contributed by atoms with van der Waals surface area (Å²) >= 11 is 0. The van der Waals surface area contributed by atoms with Crippen LogP contribution in [0.3, 0.4) is 0 Å². The van der Waals surface area contributed by atoms with E-state index in [2.05, 4.69) is 6.58 Å². The lowest BCUT2D eigenvalue weighted by atomic mass is 10.1. The van der Waals surface area contributed by atoms with Gasteiger partial charge < -0.3 is 5.32 Å². The molecule has 0 spiro atoms. The summed E-state index contributed by atoms with van der Waals surface area (Å²) in [4.78, 5) is 12.2. The van der Waals surface area contributed by atoms with Crippen molar-refractivity contribution in [3.8, 4) is 0 Å².